The van der Waals surface area contributed by atoms with Crippen LogP contribution in [0.2, 0.25) is 0 Å². The van der Waals surface area contributed by atoms with Crippen molar-refractivity contribution in [2.75, 3.05) is 0 Å². The summed E-state index contributed by atoms with van der Waals surface area (Å²) in [5.41, 5.74) is 0.792. The van der Waals surface area contributed by atoms with E-state index >= 15 is 0 Å². The quantitative estimate of drug-likeness (QED) is 0.824. The van der Waals surface area contributed by atoms with Crippen LogP contribution < -0.4 is 10.6 Å². The Morgan fingerprint density at radius 1 is 1.15 bits per heavy atom. The van der Waals surface area contributed by atoms with Crippen molar-refractivity contribution in [2.24, 2.45) is 0 Å². The molecule has 2 atom stereocenters. The molecule has 2 fully saturated rings. The minimum atomic E-state index is -4.68. The van der Waals surface area contributed by atoms with E-state index in [1.807, 2.05) is 0 Å². The zero-order chi connectivity index (χ0) is 18.3. The lowest BCUT2D eigenvalue weighted by molar-refractivity contribution is -0.159. The lowest BCUT2D eigenvalue weighted by Crippen LogP contribution is -2.48. The summed E-state index contributed by atoms with van der Waals surface area (Å²) in [4.78, 5) is 15.7. The van der Waals surface area contributed by atoms with E-state index in [9.17, 15) is 18.0 Å². The number of carbonyl (C=O) groups is 1. The van der Waals surface area contributed by atoms with Crippen LogP contribution in [0.25, 0.3) is 11.4 Å². The minimum Gasteiger partial charge on any atom is -0.349 e. The molecule has 0 spiro atoms. The molecule has 2 bridgehead atoms. The van der Waals surface area contributed by atoms with Crippen molar-refractivity contribution < 1.29 is 22.5 Å². The molecular weight excluding hydrogens is 385 g/mol. The van der Waals surface area contributed by atoms with Crippen LogP contribution in [0.15, 0.2) is 28.8 Å². The average molecular weight is 403 g/mol. The van der Waals surface area contributed by atoms with Crippen molar-refractivity contribution >= 4 is 18.3 Å². The van der Waals surface area contributed by atoms with Gasteiger partial charge in [-0.3, -0.25) is 4.79 Å². The van der Waals surface area contributed by atoms with Crippen molar-refractivity contribution in [3.8, 4) is 11.4 Å². The van der Waals surface area contributed by atoms with Gasteiger partial charge in [0.1, 0.15) is 0 Å². The Morgan fingerprint density at radius 2 is 1.78 bits per heavy atom. The van der Waals surface area contributed by atoms with Crippen molar-refractivity contribution in [3.05, 3.63) is 35.7 Å². The summed E-state index contributed by atoms with van der Waals surface area (Å²) in [6.45, 7) is 0. The van der Waals surface area contributed by atoms with Crippen molar-refractivity contribution in [1.29, 1.82) is 0 Å². The van der Waals surface area contributed by atoms with E-state index in [-0.39, 0.29) is 30.2 Å². The van der Waals surface area contributed by atoms with Gasteiger partial charge in [0.2, 0.25) is 5.82 Å². The number of alkyl halides is 3. The highest BCUT2D eigenvalue weighted by atomic mass is 35.5. The molecule has 10 heteroatoms. The summed E-state index contributed by atoms with van der Waals surface area (Å²) in [7, 11) is 0. The third-order valence-electron chi connectivity index (χ3n) is 4.88. The van der Waals surface area contributed by atoms with E-state index < -0.39 is 12.1 Å². The molecule has 2 aliphatic rings. The van der Waals surface area contributed by atoms with E-state index in [0.717, 1.165) is 25.7 Å². The third-order valence-corrected chi connectivity index (χ3v) is 4.88. The van der Waals surface area contributed by atoms with Gasteiger partial charge in [0.05, 0.1) is 0 Å². The number of amides is 1. The lowest BCUT2D eigenvalue weighted by Gasteiger charge is -2.29. The van der Waals surface area contributed by atoms with Gasteiger partial charge in [0.15, 0.2) is 0 Å². The number of aromatic nitrogens is 2. The van der Waals surface area contributed by atoms with Crippen LogP contribution in [0.1, 0.15) is 41.9 Å². The molecular formula is C17H18ClF3N4O2. The highest BCUT2D eigenvalue weighted by Gasteiger charge is 2.38. The number of piperidine rings is 1. The van der Waals surface area contributed by atoms with Gasteiger partial charge in [-0.15, -0.1) is 12.4 Å². The maximum absolute atomic E-state index is 12.5. The van der Waals surface area contributed by atoms with Crippen LogP contribution in [0, 0.1) is 0 Å². The van der Waals surface area contributed by atoms with Crippen molar-refractivity contribution in [2.45, 2.75) is 50.0 Å². The van der Waals surface area contributed by atoms with Crippen LogP contribution in [-0.2, 0) is 6.18 Å². The normalized spacial score (nSPS) is 24.3. The maximum Gasteiger partial charge on any atom is 0.471 e. The summed E-state index contributed by atoms with van der Waals surface area (Å²) in [5, 5.41) is 9.89. The second-order valence-electron chi connectivity index (χ2n) is 6.78. The molecule has 146 valence electrons. The van der Waals surface area contributed by atoms with Crippen LogP contribution >= 0.6 is 12.4 Å². The van der Waals surface area contributed by atoms with Crippen LogP contribution in [-0.4, -0.2) is 34.2 Å². The molecule has 2 aliphatic heterocycles. The first-order valence-corrected chi connectivity index (χ1v) is 8.47. The minimum absolute atomic E-state index is 0. The van der Waals surface area contributed by atoms with Gasteiger partial charge in [0, 0.05) is 29.3 Å². The number of nitrogens with zero attached hydrogens (tertiary/aromatic N) is 2. The standard InChI is InChI=1S/C17H17F3N4O2.ClH/c18-17(19,20)16-23-14(24-26-16)9-1-3-10(4-2-9)15(25)22-13-7-11-5-6-12(8-13)21-11;/h1-4,11-13,21H,5-8H2,(H,22,25);1H. The SMILES string of the molecule is Cl.O=C(NC1CC2CCC(C1)N2)c1ccc(-c2noc(C(F)(F)F)n2)cc1. The zero-order valence-corrected chi connectivity index (χ0v) is 14.9. The molecule has 2 aromatic rings. The molecule has 2 saturated heterocycles. The van der Waals surface area contributed by atoms with E-state index in [2.05, 4.69) is 25.3 Å². The van der Waals surface area contributed by atoms with Gasteiger partial charge in [-0.2, -0.15) is 18.2 Å². The molecule has 2 N–H and O–H groups in total. The smallest absolute Gasteiger partial charge is 0.349 e. The molecule has 0 aliphatic carbocycles. The number of rotatable bonds is 3. The maximum atomic E-state index is 12.5. The van der Waals surface area contributed by atoms with Gasteiger partial charge < -0.3 is 15.2 Å². The Labute approximate surface area is 159 Å². The van der Waals surface area contributed by atoms with E-state index in [4.69, 9.17) is 0 Å². The number of carbonyl (C=O) groups excluding carboxylic acids is 1. The fourth-order valence-electron chi connectivity index (χ4n) is 3.67. The lowest BCUT2D eigenvalue weighted by atomic mass is 9.99. The first-order chi connectivity index (χ1) is 12.4. The Bertz CT molecular complexity index is 797. The van der Waals surface area contributed by atoms with Crippen LogP contribution in [0.3, 0.4) is 0 Å². The molecule has 1 amide bonds. The van der Waals surface area contributed by atoms with Gasteiger partial charge >= 0.3 is 12.1 Å². The van der Waals surface area contributed by atoms with Gasteiger partial charge in [-0.05, 0) is 37.8 Å². The summed E-state index contributed by atoms with van der Waals surface area (Å²) >= 11 is 0. The molecule has 0 radical (unpaired) electrons. The van der Waals surface area contributed by atoms with Crippen LogP contribution in [0.5, 0.6) is 0 Å². The predicted octanol–water partition coefficient (Wildman–Crippen LogP) is 3.19. The van der Waals surface area contributed by atoms with Gasteiger partial charge in [-0.1, -0.05) is 17.3 Å². The first kappa shape index (κ1) is 19.6. The first-order valence-electron chi connectivity index (χ1n) is 8.47. The fraction of sp³-hybridized carbons (Fsp3) is 0.471. The number of hydrogen-bond donors (Lipinski definition) is 2. The highest BCUT2D eigenvalue weighted by Crippen LogP contribution is 2.29. The van der Waals surface area contributed by atoms with Crippen molar-refractivity contribution in [3.63, 3.8) is 0 Å². The predicted molar refractivity (Wildman–Crippen MR) is 92.4 cm³/mol. The van der Waals surface area contributed by atoms with Crippen molar-refractivity contribution in [1.82, 2.24) is 20.8 Å². The number of fused-ring (bicyclic) bond motifs is 2. The second kappa shape index (κ2) is 7.47. The van der Waals surface area contributed by atoms with Crippen LogP contribution in [0.4, 0.5) is 13.2 Å². The molecule has 1 aromatic carbocycles. The number of hydrogen-bond acceptors (Lipinski definition) is 5. The largest absolute Gasteiger partial charge is 0.471 e. The molecule has 2 unspecified atom stereocenters. The zero-order valence-electron chi connectivity index (χ0n) is 14.1. The number of nitrogens with one attached hydrogen (secondary N) is 2. The molecule has 6 nitrogen and oxygen atoms in total. The Morgan fingerprint density at radius 3 is 2.33 bits per heavy atom. The Hall–Kier alpha value is -2.13. The van der Waals surface area contributed by atoms with E-state index in [1.54, 1.807) is 12.1 Å². The highest BCUT2D eigenvalue weighted by molar-refractivity contribution is 5.94. The number of halogens is 4. The average Bonchev–Trinajstić information content (AvgIpc) is 3.22. The Kier molecular flexibility index (Phi) is 5.43. The molecule has 3 heterocycles. The second-order valence-corrected chi connectivity index (χ2v) is 6.78. The monoisotopic (exact) mass is 402 g/mol. The summed E-state index contributed by atoms with van der Waals surface area (Å²) < 4.78 is 41.8. The topological polar surface area (TPSA) is 80.0 Å². The Balaban J connectivity index is 0.00000210. The molecule has 27 heavy (non-hydrogen) atoms. The fourth-order valence-corrected chi connectivity index (χ4v) is 3.67. The van der Waals surface area contributed by atoms with E-state index in [1.165, 1.54) is 12.1 Å². The molecule has 4 rings (SSSR count). The summed E-state index contributed by atoms with van der Waals surface area (Å²) in [6, 6.07) is 7.20. The third kappa shape index (κ3) is 4.24. The molecule has 1 aromatic heterocycles. The van der Waals surface area contributed by atoms with E-state index in [0.29, 0.717) is 23.2 Å². The summed E-state index contributed by atoms with van der Waals surface area (Å²) in [5.74, 6) is -1.75. The number of benzene rings is 1. The summed E-state index contributed by atoms with van der Waals surface area (Å²) in [6.07, 6.45) is -0.543. The van der Waals surface area contributed by atoms with Gasteiger partial charge in [-0.25, -0.2) is 0 Å². The molecule has 0 saturated carbocycles. The van der Waals surface area contributed by atoms with Gasteiger partial charge in [0.25, 0.3) is 5.91 Å².